The van der Waals surface area contributed by atoms with Crippen molar-refractivity contribution in [3.8, 4) is 0 Å². The first-order valence-corrected chi connectivity index (χ1v) is 7.23. The lowest BCUT2D eigenvalue weighted by Gasteiger charge is -2.06. The van der Waals surface area contributed by atoms with Crippen LogP contribution in [0.5, 0.6) is 0 Å². The number of benzene rings is 1. The van der Waals surface area contributed by atoms with Crippen LogP contribution in [0.1, 0.15) is 10.4 Å². The Morgan fingerprint density at radius 3 is 2.64 bits per heavy atom. The Kier molecular flexibility index (Phi) is 5.31. The lowest BCUT2D eigenvalue weighted by atomic mass is 10.2. The molecule has 0 unspecified atom stereocenters. The average molecular weight is 319 g/mol. The van der Waals surface area contributed by atoms with Crippen LogP contribution in [0.2, 0.25) is 0 Å². The molecule has 1 aromatic heterocycles. The fraction of sp³-hybridized carbons (Fsp3) is 0.143. The number of methoxy groups -OCH3 is 1. The van der Waals surface area contributed by atoms with Crippen molar-refractivity contribution in [3.63, 3.8) is 0 Å². The summed E-state index contributed by atoms with van der Waals surface area (Å²) in [6, 6.07) is 7.97. The van der Waals surface area contributed by atoms with Gasteiger partial charge < -0.3 is 15.0 Å². The second-order valence-electron chi connectivity index (χ2n) is 4.15. The van der Waals surface area contributed by atoms with Crippen molar-refractivity contribution in [1.82, 2.24) is 9.97 Å². The highest BCUT2D eigenvalue weighted by Gasteiger charge is 2.07. The van der Waals surface area contributed by atoms with Crippen molar-refractivity contribution in [1.29, 1.82) is 0 Å². The summed E-state index contributed by atoms with van der Waals surface area (Å²) in [6.45, 7) is 0. The van der Waals surface area contributed by atoms with Gasteiger partial charge in [-0.1, -0.05) is 11.8 Å². The van der Waals surface area contributed by atoms with E-state index in [2.05, 4.69) is 20.0 Å². The van der Waals surface area contributed by atoms with Gasteiger partial charge in [0.2, 0.25) is 5.91 Å². The number of nitrogens with zero attached hydrogens (tertiary/aromatic N) is 1. The molecule has 8 heteroatoms. The molecular weight excluding hydrogens is 306 g/mol. The number of carbonyl (C=O) groups is 2. The molecule has 0 fully saturated rings. The molecule has 2 rings (SSSR count). The minimum Gasteiger partial charge on any atom is -0.465 e. The average Bonchev–Trinajstić information content (AvgIpc) is 2.53. The van der Waals surface area contributed by atoms with Gasteiger partial charge in [-0.2, -0.15) is 0 Å². The number of aromatic amines is 1. The third-order valence-corrected chi connectivity index (χ3v) is 3.55. The predicted octanol–water partition coefficient (Wildman–Crippen LogP) is 1.29. The van der Waals surface area contributed by atoms with Crippen molar-refractivity contribution in [2.45, 2.75) is 5.03 Å². The van der Waals surface area contributed by atoms with Crippen molar-refractivity contribution in [2.75, 3.05) is 18.2 Å². The highest BCUT2D eigenvalue weighted by Crippen LogP contribution is 2.14. The fourth-order valence-electron chi connectivity index (χ4n) is 1.58. The molecule has 0 bridgehead atoms. The number of thioether (sulfide) groups is 1. The molecule has 114 valence electrons. The third-order valence-electron chi connectivity index (χ3n) is 2.60. The first-order chi connectivity index (χ1) is 10.6. The van der Waals surface area contributed by atoms with Gasteiger partial charge in [-0.15, -0.1) is 0 Å². The highest BCUT2D eigenvalue weighted by atomic mass is 32.2. The Bertz CT molecular complexity index is 727. The van der Waals surface area contributed by atoms with E-state index < -0.39 is 11.7 Å². The summed E-state index contributed by atoms with van der Waals surface area (Å²) in [6.07, 6.45) is 1.38. The number of anilines is 1. The van der Waals surface area contributed by atoms with Gasteiger partial charge in [0.25, 0.3) is 0 Å². The number of hydrogen-bond acceptors (Lipinski definition) is 6. The Labute approximate surface area is 130 Å². The van der Waals surface area contributed by atoms with Crippen molar-refractivity contribution < 1.29 is 14.3 Å². The Balaban J connectivity index is 1.89. The molecule has 0 aliphatic carbocycles. The van der Waals surface area contributed by atoms with Gasteiger partial charge in [0.15, 0.2) is 0 Å². The molecule has 2 N–H and O–H groups in total. The number of aromatic nitrogens is 2. The zero-order valence-electron chi connectivity index (χ0n) is 11.7. The van der Waals surface area contributed by atoms with E-state index in [1.165, 1.54) is 25.1 Å². The molecule has 0 atom stereocenters. The maximum Gasteiger partial charge on any atom is 0.345 e. The standard InChI is InChI=1S/C14H13N3O4S/c1-21-13(19)9-2-4-10(5-3-9)16-11(18)8-22-12-6-7-15-14(20)17-12/h2-7H,8H2,1H3,(H,16,18)(H,15,17,20). The number of H-pyrrole nitrogens is 1. The summed E-state index contributed by atoms with van der Waals surface area (Å²) in [4.78, 5) is 40.1. The second kappa shape index (κ2) is 7.41. The van der Waals surface area contributed by atoms with Crippen LogP contribution in [0.4, 0.5) is 5.69 Å². The Morgan fingerprint density at radius 1 is 1.27 bits per heavy atom. The van der Waals surface area contributed by atoms with E-state index >= 15 is 0 Å². The minimum absolute atomic E-state index is 0.138. The number of ether oxygens (including phenoxy) is 1. The molecule has 0 spiro atoms. The van der Waals surface area contributed by atoms with Crippen LogP contribution < -0.4 is 11.0 Å². The second-order valence-corrected chi connectivity index (χ2v) is 5.16. The van der Waals surface area contributed by atoms with Gasteiger partial charge in [-0.25, -0.2) is 14.6 Å². The Morgan fingerprint density at radius 2 is 2.00 bits per heavy atom. The van der Waals surface area contributed by atoms with Crippen LogP contribution in [0, 0.1) is 0 Å². The molecule has 2 aromatic rings. The van der Waals surface area contributed by atoms with Crippen LogP contribution in [-0.4, -0.2) is 34.7 Å². The van der Waals surface area contributed by atoms with E-state index in [0.717, 1.165) is 0 Å². The first kappa shape index (κ1) is 15.8. The zero-order valence-corrected chi connectivity index (χ0v) is 12.5. The SMILES string of the molecule is COC(=O)c1ccc(NC(=O)CSc2ccnc(=O)[nH]2)cc1. The van der Waals surface area contributed by atoms with Crippen molar-refractivity contribution in [3.05, 3.63) is 52.6 Å². The molecule has 0 saturated carbocycles. The molecule has 0 aliphatic rings. The van der Waals surface area contributed by atoms with Crippen LogP contribution in [0.3, 0.4) is 0 Å². The normalized spacial score (nSPS) is 10.0. The number of hydrogen-bond donors (Lipinski definition) is 2. The van der Waals surface area contributed by atoms with Crippen molar-refractivity contribution in [2.24, 2.45) is 0 Å². The summed E-state index contributed by atoms with van der Waals surface area (Å²) >= 11 is 1.19. The minimum atomic E-state index is -0.455. The van der Waals surface area contributed by atoms with Gasteiger partial charge in [-0.05, 0) is 30.3 Å². The number of nitrogens with one attached hydrogen (secondary N) is 2. The molecule has 1 amide bonds. The van der Waals surface area contributed by atoms with E-state index in [1.54, 1.807) is 30.3 Å². The van der Waals surface area contributed by atoms with E-state index in [4.69, 9.17) is 0 Å². The zero-order chi connectivity index (χ0) is 15.9. The van der Waals surface area contributed by atoms with Gasteiger partial charge in [0, 0.05) is 11.9 Å². The number of amides is 1. The van der Waals surface area contributed by atoms with Gasteiger partial charge in [-0.3, -0.25) is 4.79 Å². The monoisotopic (exact) mass is 319 g/mol. The molecule has 22 heavy (non-hydrogen) atoms. The van der Waals surface area contributed by atoms with Crippen LogP contribution in [0.25, 0.3) is 0 Å². The topological polar surface area (TPSA) is 101 Å². The van der Waals surface area contributed by atoms with Gasteiger partial charge >= 0.3 is 11.7 Å². The largest absolute Gasteiger partial charge is 0.465 e. The van der Waals surface area contributed by atoms with Crippen LogP contribution in [0.15, 0.2) is 46.3 Å². The lowest BCUT2D eigenvalue weighted by Crippen LogP contribution is -2.15. The molecule has 0 aliphatic heterocycles. The fourth-order valence-corrected chi connectivity index (χ4v) is 2.26. The van der Waals surface area contributed by atoms with E-state index in [0.29, 0.717) is 16.3 Å². The van der Waals surface area contributed by atoms with Crippen LogP contribution >= 0.6 is 11.8 Å². The summed E-state index contributed by atoms with van der Waals surface area (Å²) < 4.78 is 4.59. The molecular formula is C14H13N3O4S. The quantitative estimate of drug-likeness (QED) is 0.489. The highest BCUT2D eigenvalue weighted by molar-refractivity contribution is 7.99. The number of carbonyl (C=O) groups excluding carboxylic acids is 2. The first-order valence-electron chi connectivity index (χ1n) is 6.25. The maximum atomic E-state index is 11.8. The Hall–Kier alpha value is -2.61. The van der Waals surface area contributed by atoms with Gasteiger partial charge in [0.05, 0.1) is 23.5 Å². The summed E-state index contributed by atoms with van der Waals surface area (Å²) in [5, 5.41) is 3.26. The summed E-state index contributed by atoms with van der Waals surface area (Å²) in [7, 11) is 1.30. The van der Waals surface area contributed by atoms with Crippen molar-refractivity contribution >= 4 is 29.3 Å². The van der Waals surface area contributed by atoms with Crippen LogP contribution in [-0.2, 0) is 9.53 Å². The van der Waals surface area contributed by atoms with E-state index in [-0.39, 0.29) is 11.7 Å². The maximum absolute atomic E-state index is 11.8. The number of rotatable bonds is 5. The molecule has 1 aromatic carbocycles. The van der Waals surface area contributed by atoms with E-state index in [9.17, 15) is 14.4 Å². The third kappa shape index (κ3) is 4.45. The smallest absolute Gasteiger partial charge is 0.345 e. The lowest BCUT2D eigenvalue weighted by molar-refractivity contribution is -0.113. The molecule has 0 radical (unpaired) electrons. The van der Waals surface area contributed by atoms with Gasteiger partial charge in [0.1, 0.15) is 0 Å². The summed E-state index contributed by atoms with van der Waals surface area (Å²) in [5.74, 6) is -0.526. The molecule has 7 nitrogen and oxygen atoms in total. The molecule has 1 heterocycles. The molecule has 0 saturated heterocycles. The summed E-state index contributed by atoms with van der Waals surface area (Å²) in [5.41, 5.74) is 0.523. The van der Waals surface area contributed by atoms with E-state index in [1.807, 2.05) is 0 Å². The number of esters is 1. The predicted molar refractivity (Wildman–Crippen MR) is 82.0 cm³/mol.